The number of aromatic nitrogens is 2. The number of hydrogen-bond acceptors (Lipinski definition) is 2. The molecule has 0 saturated carbocycles. The van der Waals surface area contributed by atoms with E-state index in [1.165, 1.54) is 44.5 Å². The predicted molar refractivity (Wildman–Crippen MR) is 235 cm³/mol. The fourth-order valence-electron chi connectivity index (χ4n) is 7.66. The zero-order valence-electron chi connectivity index (χ0n) is 30.7. The SMILES string of the molecule is c1ccc(-c2ccc(-c3cc(-c4ccccc4)cc(-c4ccc(-c5cccc(-c6ccc7ccc8ccc(-c9ccccc9)nc8c7n6)c5)cc4)c3)cc2)cc1. The van der Waals surface area contributed by atoms with Crippen LogP contribution >= 0.6 is 0 Å². The third-order valence-corrected chi connectivity index (χ3v) is 10.7. The van der Waals surface area contributed by atoms with E-state index in [1.807, 2.05) is 18.2 Å². The van der Waals surface area contributed by atoms with Gasteiger partial charge in [-0.2, -0.15) is 0 Å². The third kappa shape index (κ3) is 6.55. The number of pyridine rings is 2. The highest BCUT2D eigenvalue weighted by Crippen LogP contribution is 2.36. The zero-order valence-corrected chi connectivity index (χ0v) is 30.7. The van der Waals surface area contributed by atoms with Crippen LogP contribution in [-0.4, -0.2) is 9.97 Å². The molecule has 0 atom stereocenters. The third-order valence-electron chi connectivity index (χ3n) is 10.7. The first kappa shape index (κ1) is 33.2. The Bertz CT molecular complexity index is 2970. The average Bonchev–Trinajstić information content (AvgIpc) is 3.29. The number of fused-ring (bicyclic) bond motifs is 3. The second kappa shape index (κ2) is 14.4. The minimum absolute atomic E-state index is 0.914. The van der Waals surface area contributed by atoms with E-state index in [-0.39, 0.29) is 0 Å². The molecule has 2 heterocycles. The monoisotopic (exact) mass is 712 g/mol. The molecule has 10 aromatic rings. The highest BCUT2D eigenvalue weighted by atomic mass is 14.8. The molecule has 0 saturated heterocycles. The van der Waals surface area contributed by atoms with Gasteiger partial charge in [0.15, 0.2) is 0 Å². The first-order chi connectivity index (χ1) is 27.7. The fraction of sp³-hybridized carbons (Fsp3) is 0. The molecule has 0 spiro atoms. The average molecular weight is 713 g/mol. The molecule has 0 aliphatic rings. The van der Waals surface area contributed by atoms with Crippen LogP contribution in [0.5, 0.6) is 0 Å². The van der Waals surface area contributed by atoms with Gasteiger partial charge in [0.2, 0.25) is 0 Å². The lowest BCUT2D eigenvalue weighted by Crippen LogP contribution is -1.91. The molecule has 262 valence electrons. The maximum Gasteiger partial charge on any atom is 0.0972 e. The Balaban J connectivity index is 0.980. The molecule has 10 rings (SSSR count). The number of nitrogens with zero attached hydrogens (tertiary/aromatic N) is 2. The molecule has 2 nitrogen and oxygen atoms in total. The molecular formula is C54H36N2. The molecule has 0 unspecified atom stereocenters. The van der Waals surface area contributed by atoms with E-state index in [4.69, 9.17) is 9.97 Å². The lowest BCUT2D eigenvalue weighted by Gasteiger charge is -2.13. The van der Waals surface area contributed by atoms with E-state index in [2.05, 4.69) is 200 Å². The number of rotatable bonds is 7. The van der Waals surface area contributed by atoms with Crippen molar-refractivity contribution in [1.29, 1.82) is 0 Å². The Morgan fingerprint density at radius 1 is 0.196 bits per heavy atom. The van der Waals surface area contributed by atoms with E-state index in [0.29, 0.717) is 0 Å². The van der Waals surface area contributed by atoms with Crippen molar-refractivity contribution in [2.45, 2.75) is 0 Å². The Hall–Kier alpha value is -7.42. The minimum Gasteiger partial charge on any atom is -0.245 e. The highest BCUT2D eigenvalue weighted by Gasteiger charge is 2.12. The van der Waals surface area contributed by atoms with Gasteiger partial charge in [0.05, 0.1) is 22.4 Å². The summed E-state index contributed by atoms with van der Waals surface area (Å²) in [4.78, 5) is 10.3. The van der Waals surface area contributed by atoms with Gasteiger partial charge in [0.25, 0.3) is 0 Å². The predicted octanol–water partition coefficient (Wildman–Crippen LogP) is 14.5. The smallest absolute Gasteiger partial charge is 0.0972 e. The lowest BCUT2D eigenvalue weighted by atomic mass is 9.92. The summed E-state index contributed by atoms with van der Waals surface area (Å²) in [7, 11) is 0. The summed E-state index contributed by atoms with van der Waals surface area (Å²) in [6, 6.07) is 77.7. The van der Waals surface area contributed by atoms with Crippen LogP contribution in [0.15, 0.2) is 218 Å². The van der Waals surface area contributed by atoms with Crippen LogP contribution in [0.1, 0.15) is 0 Å². The summed E-state index contributed by atoms with van der Waals surface area (Å²) >= 11 is 0. The van der Waals surface area contributed by atoms with E-state index >= 15 is 0 Å². The van der Waals surface area contributed by atoms with Crippen molar-refractivity contribution >= 4 is 21.8 Å². The molecule has 56 heavy (non-hydrogen) atoms. The summed E-state index contributed by atoms with van der Waals surface area (Å²) in [6.07, 6.45) is 0. The van der Waals surface area contributed by atoms with Crippen LogP contribution in [0.25, 0.3) is 100.0 Å². The van der Waals surface area contributed by atoms with E-state index in [1.54, 1.807) is 0 Å². The van der Waals surface area contributed by atoms with Crippen LogP contribution < -0.4 is 0 Å². The summed E-state index contributed by atoms with van der Waals surface area (Å²) in [6.45, 7) is 0. The van der Waals surface area contributed by atoms with E-state index < -0.39 is 0 Å². The Kier molecular flexibility index (Phi) is 8.55. The molecule has 0 amide bonds. The summed E-state index contributed by atoms with van der Waals surface area (Å²) in [5.41, 5.74) is 17.8. The molecule has 0 aliphatic carbocycles. The van der Waals surface area contributed by atoms with Crippen molar-refractivity contribution in [3.05, 3.63) is 218 Å². The van der Waals surface area contributed by atoms with Crippen LogP contribution in [-0.2, 0) is 0 Å². The molecule has 2 heteroatoms. The molecule has 8 aromatic carbocycles. The van der Waals surface area contributed by atoms with Gasteiger partial charge in [-0.25, -0.2) is 9.97 Å². The van der Waals surface area contributed by atoms with Gasteiger partial charge < -0.3 is 0 Å². The van der Waals surface area contributed by atoms with Crippen LogP contribution in [0.2, 0.25) is 0 Å². The highest BCUT2D eigenvalue weighted by molar-refractivity contribution is 6.04. The number of hydrogen-bond donors (Lipinski definition) is 0. The van der Waals surface area contributed by atoms with Crippen molar-refractivity contribution in [1.82, 2.24) is 9.97 Å². The molecule has 0 aliphatic heterocycles. The van der Waals surface area contributed by atoms with E-state index in [9.17, 15) is 0 Å². The van der Waals surface area contributed by atoms with E-state index in [0.717, 1.165) is 55.4 Å². The summed E-state index contributed by atoms with van der Waals surface area (Å²) < 4.78 is 0. The van der Waals surface area contributed by atoms with Gasteiger partial charge in [-0.15, -0.1) is 0 Å². The summed E-state index contributed by atoms with van der Waals surface area (Å²) in [5.74, 6) is 0. The normalized spacial score (nSPS) is 11.2. The fourth-order valence-corrected chi connectivity index (χ4v) is 7.66. The Labute approximate surface area is 327 Å². The van der Waals surface area contributed by atoms with Gasteiger partial charge in [-0.05, 0) is 92.0 Å². The van der Waals surface area contributed by atoms with Gasteiger partial charge in [-0.1, -0.05) is 182 Å². The van der Waals surface area contributed by atoms with Crippen molar-refractivity contribution in [3.63, 3.8) is 0 Å². The van der Waals surface area contributed by atoms with Crippen LogP contribution in [0, 0.1) is 0 Å². The number of benzene rings is 8. The molecule has 0 N–H and O–H groups in total. The van der Waals surface area contributed by atoms with Gasteiger partial charge >= 0.3 is 0 Å². The van der Waals surface area contributed by atoms with Crippen molar-refractivity contribution in [2.75, 3.05) is 0 Å². The molecule has 0 bridgehead atoms. The second-order valence-corrected chi connectivity index (χ2v) is 14.2. The van der Waals surface area contributed by atoms with Gasteiger partial charge in [0.1, 0.15) is 0 Å². The summed E-state index contributed by atoms with van der Waals surface area (Å²) in [5, 5.41) is 2.16. The van der Waals surface area contributed by atoms with Crippen molar-refractivity contribution < 1.29 is 0 Å². The largest absolute Gasteiger partial charge is 0.245 e. The molecule has 2 aromatic heterocycles. The molecule has 0 radical (unpaired) electrons. The van der Waals surface area contributed by atoms with Crippen molar-refractivity contribution in [2.24, 2.45) is 0 Å². The first-order valence-electron chi connectivity index (χ1n) is 19.1. The van der Waals surface area contributed by atoms with Gasteiger partial charge in [0, 0.05) is 21.9 Å². The maximum absolute atomic E-state index is 5.22. The topological polar surface area (TPSA) is 25.8 Å². The van der Waals surface area contributed by atoms with Crippen molar-refractivity contribution in [3.8, 4) is 78.1 Å². The zero-order chi connectivity index (χ0) is 37.3. The maximum atomic E-state index is 5.22. The Morgan fingerprint density at radius 2 is 0.500 bits per heavy atom. The van der Waals surface area contributed by atoms with Crippen LogP contribution in [0.4, 0.5) is 0 Å². The lowest BCUT2D eigenvalue weighted by molar-refractivity contribution is 1.36. The Morgan fingerprint density at radius 3 is 0.982 bits per heavy atom. The second-order valence-electron chi connectivity index (χ2n) is 14.2. The molecular weight excluding hydrogens is 677 g/mol. The standard InChI is InChI=1S/C54H36N2/c1-4-11-37(12-5-1)39-19-23-41(24-20-39)49-34-48(38-13-6-2-7-14-38)35-50(36-49)42-25-21-40(22-26-42)46-17-10-18-47(33-46)52-32-30-45-28-27-44-29-31-51(43-15-8-3-9-16-43)55-53(44)54(45)56-52/h1-36H. The minimum atomic E-state index is 0.914. The quantitative estimate of drug-likeness (QED) is 0.154. The first-order valence-corrected chi connectivity index (χ1v) is 19.1. The van der Waals surface area contributed by atoms with Crippen LogP contribution in [0.3, 0.4) is 0 Å². The van der Waals surface area contributed by atoms with Gasteiger partial charge in [-0.3, -0.25) is 0 Å². The molecule has 0 fully saturated rings.